The molecule has 0 saturated carbocycles. The average molecular weight is 266 g/mol. The molecule has 0 aliphatic rings. The van der Waals surface area contributed by atoms with Crippen LogP contribution in [0.5, 0.6) is 0 Å². The van der Waals surface area contributed by atoms with Crippen molar-refractivity contribution in [3.8, 4) is 0 Å². The van der Waals surface area contributed by atoms with Gasteiger partial charge in [-0.3, -0.25) is 0 Å². The molecule has 1 atom stereocenters. The van der Waals surface area contributed by atoms with Gasteiger partial charge in [0, 0.05) is 11.6 Å². The quantitative estimate of drug-likeness (QED) is 0.858. The molecule has 0 bridgehead atoms. The molecule has 2 N–H and O–H groups in total. The van der Waals surface area contributed by atoms with Crippen molar-refractivity contribution in [2.45, 2.75) is 39.2 Å². The SMILES string of the molecule is CCCC[C@@H](N)c1c(F)ccc(C)c1Cl.Cl. The Kier molecular flexibility index (Phi) is 6.96. The highest BCUT2D eigenvalue weighted by atomic mass is 35.5. The van der Waals surface area contributed by atoms with Gasteiger partial charge in [-0.15, -0.1) is 12.4 Å². The van der Waals surface area contributed by atoms with Crippen LogP contribution < -0.4 is 5.73 Å². The van der Waals surface area contributed by atoms with E-state index in [1.165, 1.54) is 6.07 Å². The van der Waals surface area contributed by atoms with Crippen LogP contribution in [0, 0.1) is 12.7 Å². The van der Waals surface area contributed by atoms with Gasteiger partial charge in [-0.25, -0.2) is 4.39 Å². The van der Waals surface area contributed by atoms with E-state index in [-0.39, 0.29) is 24.3 Å². The summed E-state index contributed by atoms with van der Waals surface area (Å²) in [7, 11) is 0. The first-order chi connectivity index (χ1) is 7.07. The maximum absolute atomic E-state index is 13.5. The number of hydrogen-bond donors (Lipinski definition) is 1. The Labute approximate surface area is 108 Å². The van der Waals surface area contributed by atoms with Gasteiger partial charge >= 0.3 is 0 Å². The second kappa shape index (κ2) is 7.10. The highest BCUT2D eigenvalue weighted by Crippen LogP contribution is 2.30. The second-order valence-corrected chi connectivity index (χ2v) is 4.22. The number of unbranched alkanes of at least 4 members (excludes halogenated alkanes) is 1. The molecular weight excluding hydrogens is 248 g/mol. The molecule has 0 radical (unpaired) electrons. The normalized spacial score (nSPS) is 12.1. The van der Waals surface area contributed by atoms with Crippen molar-refractivity contribution in [2.75, 3.05) is 0 Å². The van der Waals surface area contributed by atoms with Gasteiger partial charge in [0.25, 0.3) is 0 Å². The molecular formula is C12H18Cl2FN. The zero-order valence-electron chi connectivity index (χ0n) is 9.59. The topological polar surface area (TPSA) is 26.0 Å². The van der Waals surface area contributed by atoms with Crippen molar-refractivity contribution in [3.05, 3.63) is 34.1 Å². The molecule has 0 saturated heterocycles. The molecule has 4 heteroatoms. The standard InChI is InChI=1S/C12H17ClFN.ClH/c1-3-4-5-10(15)11-9(14)7-6-8(2)12(11)13;/h6-7,10H,3-5,15H2,1-2H3;1H/t10-;/m1./s1. The van der Waals surface area contributed by atoms with Crippen molar-refractivity contribution >= 4 is 24.0 Å². The molecule has 0 aromatic heterocycles. The highest BCUT2D eigenvalue weighted by molar-refractivity contribution is 6.32. The van der Waals surface area contributed by atoms with E-state index >= 15 is 0 Å². The lowest BCUT2D eigenvalue weighted by Gasteiger charge is -2.15. The lowest BCUT2D eigenvalue weighted by atomic mass is 9.99. The molecule has 1 aromatic carbocycles. The summed E-state index contributed by atoms with van der Waals surface area (Å²) in [5.41, 5.74) is 7.27. The summed E-state index contributed by atoms with van der Waals surface area (Å²) in [6.45, 7) is 3.94. The molecule has 0 heterocycles. The van der Waals surface area contributed by atoms with Crippen molar-refractivity contribution in [2.24, 2.45) is 5.73 Å². The number of nitrogens with two attached hydrogens (primary N) is 1. The van der Waals surface area contributed by atoms with E-state index in [0.717, 1.165) is 24.8 Å². The fourth-order valence-electron chi connectivity index (χ4n) is 1.59. The molecule has 1 rings (SSSR count). The minimum absolute atomic E-state index is 0. The lowest BCUT2D eigenvalue weighted by molar-refractivity contribution is 0.547. The Hall–Kier alpha value is -0.310. The molecule has 0 aliphatic heterocycles. The number of halogens is 3. The third-order valence-electron chi connectivity index (χ3n) is 2.56. The smallest absolute Gasteiger partial charge is 0.129 e. The average Bonchev–Trinajstić information content (AvgIpc) is 2.21. The van der Waals surface area contributed by atoms with Gasteiger partial charge < -0.3 is 5.73 Å². The minimum atomic E-state index is -0.297. The summed E-state index contributed by atoms with van der Waals surface area (Å²) in [5.74, 6) is -0.297. The van der Waals surface area contributed by atoms with Crippen LogP contribution in [0.25, 0.3) is 0 Å². The van der Waals surface area contributed by atoms with Gasteiger partial charge in [0.15, 0.2) is 0 Å². The van der Waals surface area contributed by atoms with Crippen LogP contribution in [0.1, 0.15) is 43.4 Å². The first-order valence-corrected chi connectivity index (χ1v) is 5.65. The van der Waals surface area contributed by atoms with Crippen molar-refractivity contribution < 1.29 is 4.39 Å². The van der Waals surface area contributed by atoms with E-state index < -0.39 is 0 Å². The van der Waals surface area contributed by atoms with Gasteiger partial charge in [-0.1, -0.05) is 37.4 Å². The predicted molar refractivity (Wildman–Crippen MR) is 69.8 cm³/mol. The molecule has 1 nitrogen and oxygen atoms in total. The molecule has 0 fully saturated rings. The first-order valence-electron chi connectivity index (χ1n) is 5.28. The Bertz CT molecular complexity index is 342. The van der Waals surface area contributed by atoms with Gasteiger partial charge in [0.05, 0.1) is 5.02 Å². The summed E-state index contributed by atoms with van der Waals surface area (Å²) >= 11 is 6.05. The molecule has 0 amide bonds. The predicted octanol–water partition coefficient (Wildman–Crippen LogP) is 4.40. The van der Waals surface area contributed by atoms with E-state index in [2.05, 4.69) is 6.92 Å². The van der Waals surface area contributed by atoms with Crippen molar-refractivity contribution in [1.29, 1.82) is 0 Å². The van der Waals surface area contributed by atoms with Crippen LogP contribution in [0.15, 0.2) is 12.1 Å². The van der Waals surface area contributed by atoms with Crippen LogP contribution >= 0.6 is 24.0 Å². The largest absolute Gasteiger partial charge is 0.324 e. The van der Waals surface area contributed by atoms with Crippen LogP contribution in [0.2, 0.25) is 5.02 Å². The molecule has 92 valence electrons. The van der Waals surface area contributed by atoms with Gasteiger partial charge in [0.1, 0.15) is 5.82 Å². The summed E-state index contributed by atoms with van der Waals surface area (Å²) in [6.07, 6.45) is 2.82. The molecule has 1 aromatic rings. The van der Waals surface area contributed by atoms with Crippen molar-refractivity contribution in [3.63, 3.8) is 0 Å². The molecule has 16 heavy (non-hydrogen) atoms. The summed E-state index contributed by atoms with van der Waals surface area (Å²) < 4.78 is 13.5. The Balaban J connectivity index is 0.00000225. The van der Waals surface area contributed by atoms with E-state index in [0.29, 0.717) is 10.6 Å². The monoisotopic (exact) mass is 265 g/mol. The van der Waals surface area contributed by atoms with Crippen molar-refractivity contribution in [1.82, 2.24) is 0 Å². The third-order valence-corrected chi connectivity index (χ3v) is 3.06. The van der Waals surface area contributed by atoms with E-state index in [1.807, 2.05) is 6.92 Å². The summed E-state index contributed by atoms with van der Waals surface area (Å²) in [4.78, 5) is 0. The number of hydrogen-bond acceptors (Lipinski definition) is 1. The third kappa shape index (κ3) is 3.62. The van der Waals surface area contributed by atoms with Gasteiger partial charge in [-0.05, 0) is 25.0 Å². The second-order valence-electron chi connectivity index (χ2n) is 3.84. The van der Waals surface area contributed by atoms with Crippen LogP contribution in [0.4, 0.5) is 4.39 Å². The maximum atomic E-state index is 13.5. The zero-order chi connectivity index (χ0) is 11.4. The maximum Gasteiger partial charge on any atom is 0.129 e. The fourth-order valence-corrected chi connectivity index (χ4v) is 1.88. The first kappa shape index (κ1) is 15.7. The van der Waals surface area contributed by atoms with Crippen LogP contribution in [0.3, 0.4) is 0 Å². The summed E-state index contributed by atoms with van der Waals surface area (Å²) in [5, 5.41) is 0.471. The highest BCUT2D eigenvalue weighted by Gasteiger charge is 2.16. The van der Waals surface area contributed by atoms with E-state index in [1.54, 1.807) is 6.07 Å². The number of rotatable bonds is 4. The lowest BCUT2D eigenvalue weighted by Crippen LogP contribution is -2.13. The van der Waals surface area contributed by atoms with E-state index in [9.17, 15) is 4.39 Å². The number of benzene rings is 1. The van der Waals surface area contributed by atoms with E-state index in [4.69, 9.17) is 17.3 Å². The van der Waals surface area contributed by atoms with Crippen LogP contribution in [-0.4, -0.2) is 0 Å². The minimum Gasteiger partial charge on any atom is -0.324 e. The van der Waals surface area contributed by atoms with Crippen LogP contribution in [-0.2, 0) is 0 Å². The zero-order valence-corrected chi connectivity index (χ0v) is 11.2. The summed E-state index contributed by atoms with van der Waals surface area (Å²) in [6, 6.07) is 2.81. The molecule has 0 spiro atoms. The fraction of sp³-hybridized carbons (Fsp3) is 0.500. The molecule has 0 unspecified atom stereocenters. The van der Waals surface area contributed by atoms with Gasteiger partial charge in [0.2, 0.25) is 0 Å². The van der Waals surface area contributed by atoms with Gasteiger partial charge in [-0.2, -0.15) is 0 Å². The Morgan fingerprint density at radius 3 is 2.62 bits per heavy atom. The Morgan fingerprint density at radius 2 is 2.06 bits per heavy atom. The number of aryl methyl sites for hydroxylation is 1. The Morgan fingerprint density at radius 1 is 1.44 bits per heavy atom. The molecule has 0 aliphatic carbocycles.